The van der Waals surface area contributed by atoms with Gasteiger partial charge in [0.25, 0.3) is 5.56 Å². The SMILES string of the molecule is O=C(c1cc(Cc2n[nH]c(=O)c3ccccc23)ccc1F)C1CCCCCCCC1. The van der Waals surface area contributed by atoms with E-state index < -0.39 is 5.82 Å². The lowest BCUT2D eigenvalue weighted by Crippen LogP contribution is -2.17. The van der Waals surface area contributed by atoms with Crippen molar-refractivity contribution < 1.29 is 9.18 Å². The predicted octanol–water partition coefficient (Wildman–Crippen LogP) is 5.59. The van der Waals surface area contributed by atoms with Gasteiger partial charge in [-0.15, -0.1) is 0 Å². The summed E-state index contributed by atoms with van der Waals surface area (Å²) < 4.78 is 14.6. The molecule has 0 atom stereocenters. The van der Waals surface area contributed by atoms with Crippen molar-refractivity contribution in [1.29, 1.82) is 0 Å². The van der Waals surface area contributed by atoms with Gasteiger partial charge >= 0.3 is 0 Å². The monoisotopic (exact) mass is 406 g/mol. The second-order valence-corrected chi connectivity index (χ2v) is 8.30. The van der Waals surface area contributed by atoms with Crippen LogP contribution < -0.4 is 5.56 Å². The lowest BCUT2D eigenvalue weighted by atomic mass is 9.88. The smallest absolute Gasteiger partial charge is 0.272 e. The maximum Gasteiger partial charge on any atom is 0.272 e. The van der Waals surface area contributed by atoms with Crippen LogP contribution in [0.2, 0.25) is 0 Å². The van der Waals surface area contributed by atoms with E-state index in [1.165, 1.54) is 18.9 Å². The summed E-state index contributed by atoms with van der Waals surface area (Å²) in [5.74, 6) is -0.627. The summed E-state index contributed by atoms with van der Waals surface area (Å²) in [6.45, 7) is 0. The molecule has 1 N–H and O–H groups in total. The lowest BCUT2D eigenvalue weighted by Gasteiger charge is -2.16. The second-order valence-electron chi connectivity index (χ2n) is 8.30. The van der Waals surface area contributed by atoms with Gasteiger partial charge in [0.2, 0.25) is 0 Å². The molecule has 1 heterocycles. The van der Waals surface area contributed by atoms with E-state index in [9.17, 15) is 14.0 Å². The molecular weight excluding hydrogens is 379 g/mol. The Labute approximate surface area is 175 Å². The van der Waals surface area contributed by atoms with Gasteiger partial charge in [-0.1, -0.05) is 62.8 Å². The van der Waals surface area contributed by atoms with Crippen LogP contribution in [-0.4, -0.2) is 16.0 Å². The number of carbonyl (C=O) groups excluding carboxylic acids is 1. The molecule has 2 aromatic carbocycles. The molecule has 0 radical (unpaired) electrons. The van der Waals surface area contributed by atoms with Gasteiger partial charge in [0, 0.05) is 17.7 Å². The minimum Gasteiger partial charge on any atom is -0.294 e. The summed E-state index contributed by atoms with van der Waals surface area (Å²) in [5, 5.41) is 8.09. The number of halogens is 1. The number of fused-ring (bicyclic) bond motifs is 1. The average Bonchev–Trinajstić information content (AvgIpc) is 2.91. The molecule has 1 aliphatic rings. The number of nitrogens with zero attached hydrogens (tertiary/aromatic N) is 1. The largest absolute Gasteiger partial charge is 0.294 e. The summed E-state index contributed by atoms with van der Waals surface area (Å²) in [5.41, 5.74) is 1.47. The first-order chi connectivity index (χ1) is 14.6. The number of H-pyrrole nitrogens is 1. The third-order valence-electron chi connectivity index (χ3n) is 6.17. The first kappa shape index (κ1) is 20.5. The standard InChI is InChI=1S/C25H27FN2O2/c26-22-14-13-17(16-23-19-11-7-8-12-20(19)25(30)28-27-23)15-21(22)24(29)18-9-5-3-1-2-4-6-10-18/h7-8,11-15,18H,1-6,9-10,16H2,(H,28,30). The van der Waals surface area contributed by atoms with Gasteiger partial charge < -0.3 is 0 Å². The fourth-order valence-corrected chi connectivity index (χ4v) is 4.49. The first-order valence-corrected chi connectivity index (χ1v) is 10.9. The zero-order valence-electron chi connectivity index (χ0n) is 17.1. The van der Waals surface area contributed by atoms with Crippen LogP contribution >= 0.6 is 0 Å². The van der Waals surface area contributed by atoms with Crippen molar-refractivity contribution in [2.75, 3.05) is 0 Å². The number of benzene rings is 2. The maximum absolute atomic E-state index is 14.6. The molecule has 5 heteroatoms. The Bertz CT molecular complexity index is 1100. The second kappa shape index (κ2) is 9.33. The van der Waals surface area contributed by atoms with Crippen LogP contribution in [0.15, 0.2) is 47.3 Å². The lowest BCUT2D eigenvalue weighted by molar-refractivity contribution is 0.0899. The van der Waals surface area contributed by atoms with E-state index in [2.05, 4.69) is 10.2 Å². The van der Waals surface area contributed by atoms with Crippen molar-refractivity contribution in [2.45, 2.75) is 57.8 Å². The highest BCUT2D eigenvalue weighted by Gasteiger charge is 2.23. The highest BCUT2D eigenvalue weighted by molar-refractivity contribution is 5.98. The molecule has 0 spiro atoms. The van der Waals surface area contributed by atoms with E-state index in [1.807, 2.05) is 18.2 Å². The van der Waals surface area contributed by atoms with E-state index in [0.29, 0.717) is 17.5 Å². The van der Waals surface area contributed by atoms with Gasteiger partial charge in [0.15, 0.2) is 5.78 Å². The van der Waals surface area contributed by atoms with Gasteiger partial charge in [0.05, 0.1) is 16.6 Å². The Balaban J connectivity index is 1.61. The third-order valence-corrected chi connectivity index (χ3v) is 6.17. The van der Waals surface area contributed by atoms with Gasteiger partial charge in [-0.05, 0) is 36.6 Å². The molecule has 156 valence electrons. The topological polar surface area (TPSA) is 62.8 Å². The normalized spacial score (nSPS) is 16.0. The first-order valence-electron chi connectivity index (χ1n) is 10.9. The van der Waals surface area contributed by atoms with E-state index >= 15 is 0 Å². The molecule has 1 aromatic heterocycles. The van der Waals surface area contributed by atoms with E-state index in [0.717, 1.165) is 49.5 Å². The number of aromatic amines is 1. The number of hydrogen-bond donors (Lipinski definition) is 1. The molecule has 3 aromatic rings. The third kappa shape index (κ3) is 4.50. The van der Waals surface area contributed by atoms with Crippen LogP contribution in [0.1, 0.15) is 73.0 Å². The fraction of sp³-hybridized carbons (Fsp3) is 0.400. The fourth-order valence-electron chi connectivity index (χ4n) is 4.49. The number of hydrogen-bond acceptors (Lipinski definition) is 3. The minimum absolute atomic E-state index is 0.0736. The van der Waals surface area contributed by atoms with Crippen molar-refractivity contribution in [3.63, 3.8) is 0 Å². The molecular formula is C25H27FN2O2. The van der Waals surface area contributed by atoms with Crippen LogP contribution in [-0.2, 0) is 6.42 Å². The Morgan fingerprint density at radius 2 is 1.63 bits per heavy atom. The molecule has 0 amide bonds. The van der Waals surface area contributed by atoms with Crippen molar-refractivity contribution in [3.8, 4) is 0 Å². The molecule has 30 heavy (non-hydrogen) atoms. The van der Waals surface area contributed by atoms with Gasteiger partial charge in [-0.3, -0.25) is 9.59 Å². The van der Waals surface area contributed by atoms with Crippen LogP contribution in [0.4, 0.5) is 4.39 Å². The van der Waals surface area contributed by atoms with E-state index in [1.54, 1.807) is 18.2 Å². The molecule has 1 aliphatic carbocycles. The minimum atomic E-state index is -0.456. The van der Waals surface area contributed by atoms with Crippen LogP contribution in [0.25, 0.3) is 10.8 Å². The number of carbonyl (C=O) groups is 1. The Hall–Kier alpha value is -2.82. The average molecular weight is 407 g/mol. The molecule has 4 rings (SSSR count). The Morgan fingerprint density at radius 1 is 0.967 bits per heavy atom. The van der Waals surface area contributed by atoms with Crippen LogP contribution in [0.3, 0.4) is 0 Å². The van der Waals surface area contributed by atoms with Gasteiger partial charge in [0.1, 0.15) is 5.82 Å². The summed E-state index contributed by atoms with van der Waals surface area (Å²) in [6, 6.07) is 12.0. The number of Topliss-reactive ketones (excluding diaryl/α,β-unsaturated/α-hetero) is 1. The highest BCUT2D eigenvalue weighted by atomic mass is 19.1. The Kier molecular flexibility index (Phi) is 6.36. The summed E-state index contributed by atoms with van der Waals surface area (Å²) in [7, 11) is 0. The maximum atomic E-state index is 14.6. The number of nitrogens with one attached hydrogen (secondary N) is 1. The van der Waals surface area contributed by atoms with Crippen molar-refractivity contribution in [2.24, 2.45) is 5.92 Å². The predicted molar refractivity (Wildman–Crippen MR) is 116 cm³/mol. The molecule has 0 saturated heterocycles. The van der Waals surface area contributed by atoms with Crippen LogP contribution in [0.5, 0.6) is 0 Å². The van der Waals surface area contributed by atoms with E-state index in [-0.39, 0.29) is 22.8 Å². The zero-order chi connectivity index (χ0) is 20.9. The highest BCUT2D eigenvalue weighted by Crippen LogP contribution is 2.27. The van der Waals surface area contributed by atoms with Crippen molar-refractivity contribution >= 4 is 16.6 Å². The van der Waals surface area contributed by atoms with Crippen molar-refractivity contribution in [3.05, 3.63) is 75.5 Å². The summed E-state index contributed by atoms with van der Waals surface area (Å²) in [4.78, 5) is 25.2. The molecule has 0 unspecified atom stereocenters. The molecule has 0 bridgehead atoms. The molecule has 0 aliphatic heterocycles. The molecule has 4 nitrogen and oxygen atoms in total. The number of aromatic nitrogens is 2. The van der Waals surface area contributed by atoms with Gasteiger partial charge in [-0.2, -0.15) is 5.10 Å². The van der Waals surface area contributed by atoms with Gasteiger partial charge in [-0.25, -0.2) is 9.49 Å². The summed E-state index contributed by atoms with van der Waals surface area (Å²) in [6.07, 6.45) is 8.92. The zero-order valence-corrected chi connectivity index (χ0v) is 17.1. The Morgan fingerprint density at radius 3 is 2.37 bits per heavy atom. The summed E-state index contributed by atoms with van der Waals surface area (Å²) >= 11 is 0. The quantitative estimate of drug-likeness (QED) is 0.575. The van der Waals surface area contributed by atoms with Crippen LogP contribution in [0, 0.1) is 11.7 Å². The molecule has 1 saturated carbocycles. The number of rotatable bonds is 4. The van der Waals surface area contributed by atoms with E-state index in [4.69, 9.17) is 0 Å². The molecule has 1 fully saturated rings. The van der Waals surface area contributed by atoms with Crippen molar-refractivity contribution in [1.82, 2.24) is 10.2 Å². The number of ketones is 1.